The predicted molar refractivity (Wildman–Crippen MR) is 103 cm³/mol. The van der Waals surface area contributed by atoms with Crippen molar-refractivity contribution >= 4 is 17.4 Å². The maximum absolute atomic E-state index is 11.5. The molecule has 3 aromatic carbocycles. The van der Waals surface area contributed by atoms with Crippen molar-refractivity contribution in [3.8, 4) is 22.6 Å². The minimum atomic E-state index is -0.936. The van der Waals surface area contributed by atoms with Crippen molar-refractivity contribution in [1.82, 2.24) is 0 Å². The summed E-state index contributed by atoms with van der Waals surface area (Å²) < 4.78 is 0. The number of aromatic carboxylic acids is 1. The van der Waals surface area contributed by atoms with Crippen LogP contribution in [0.5, 0.6) is 11.5 Å². The van der Waals surface area contributed by atoms with Gasteiger partial charge in [0.1, 0.15) is 0 Å². The Morgan fingerprint density at radius 1 is 0.889 bits per heavy atom. The molecular weight excluding hydrogens is 342 g/mol. The molecule has 0 fully saturated rings. The van der Waals surface area contributed by atoms with Crippen LogP contribution in [0.25, 0.3) is 11.1 Å². The van der Waals surface area contributed by atoms with E-state index < -0.39 is 5.97 Å². The Kier molecular flexibility index (Phi) is 3.92. The molecule has 0 amide bonds. The Morgan fingerprint density at radius 3 is 2.22 bits per heavy atom. The molecule has 134 valence electrons. The van der Waals surface area contributed by atoms with Crippen LogP contribution in [-0.2, 0) is 6.42 Å². The summed E-state index contributed by atoms with van der Waals surface area (Å²) in [6.45, 7) is 1.86. The fraction of sp³-hybridized carbons (Fsp3) is 0.0909. The Hall–Kier alpha value is -3.60. The minimum absolute atomic E-state index is 0.155. The molecule has 0 unspecified atom stereocenters. The fourth-order valence-corrected chi connectivity index (χ4v) is 3.35. The number of carboxylic acids is 1. The summed E-state index contributed by atoms with van der Waals surface area (Å²) in [6, 6.07) is 16.0. The van der Waals surface area contributed by atoms with Gasteiger partial charge in [0.25, 0.3) is 0 Å². The van der Waals surface area contributed by atoms with E-state index in [0.717, 1.165) is 39.2 Å². The van der Waals surface area contributed by atoms with Gasteiger partial charge in [0.05, 0.1) is 17.0 Å². The van der Waals surface area contributed by atoms with Gasteiger partial charge >= 0.3 is 5.97 Å². The molecule has 3 N–H and O–H groups in total. The molecule has 1 aliphatic heterocycles. The smallest absolute Gasteiger partial charge is 0.336 e. The van der Waals surface area contributed by atoms with E-state index in [4.69, 9.17) is 0 Å². The van der Waals surface area contributed by atoms with Gasteiger partial charge in [-0.1, -0.05) is 30.3 Å². The van der Waals surface area contributed by atoms with Crippen LogP contribution < -0.4 is 0 Å². The number of fused-ring (bicyclic) bond motifs is 1. The summed E-state index contributed by atoms with van der Waals surface area (Å²) in [5.74, 6) is -1.25. The topological polar surface area (TPSA) is 90.1 Å². The van der Waals surface area contributed by atoms with Gasteiger partial charge in [-0.15, -0.1) is 0 Å². The van der Waals surface area contributed by atoms with Crippen molar-refractivity contribution in [2.45, 2.75) is 13.3 Å². The number of carboxylic acid groups (broad SMARTS) is 1. The van der Waals surface area contributed by atoms with Crippen molar-refractivity contribution in [1.29, 1.82) is 0 Å². The Balaban J connectivity index is 1.65. The van der Waals surface area contributed by atoms with Gasteiger partial charge < -0.3 is 15.3 Å². The molecule has 5 nitrogen and oxygen atoms in total. The lowest BCUT2D eigenvalue weighted by Crippen LogP contribution is -2.05. The van der Waals surface area contributed by atoms with Crippen LogP contribution in [0.15, 0.2) is 59.6 Å². The lowest BCUT2D eigenvalue weighted by Gasteiger charge is -2.06. The van der Waals surface area contributed by atoms with E-state index in [9.17, 15) is 20.1 Å². The summed E-state index contributed by atoms with van der Waals surface area (Å²) in [6.07, 6.45) is 0.483. The third-order valence-electron chi connectivity index (χ3n) is 4.73. The highest BCUT2D eigenvalue weighted by Crippen LogP contribution is 2.34. The average Bonchev–Trinajstić information content (AvgIpc) is 3.07. The zero-order valence-electron chi connectivity index (χ0n) is 14.6. The van der Waals surface area contributed by atoms with E-state index in [0.29, 0.717) is 12.0 Å². The molecule has 0 saturated heterocycles. The van der Waals surface area contributed by atoms with E-state index in [1.165, 1.54) is 12.1 Å². The number of aromatic hydroxyl groups is 2. The van der Waals surface area contributed by atoms with E-state index in [2.05, 4.69) is 4.99 Å². The second-order valence-electron chi connectivity index (χ2n) is 6.63. The number of rotatable bonds is 3. The molecule has 0 aromatic heterocycles. The van der Waals surface area contributed by atoms with Gasteiger partial charge in [-0.3, -0.25) is 4.99 Å². The van der Waals surface area contributed by atoms with Crippen molar-refractivity contribution in [3.05, 3.63) is 76.9 Å². The molecule has 0 aliphatic carbocycles. The predicted octanol–water partition coefficient (Wildman–Crippen LogP) is 4.45. The van der Waals surface area contributed by atoms with Crippen LogP contribution in [0.4, 0.5) is 5.69 Å². The van der Waals surface area contributed by atoms with Crippen molar-refractivity contribution < 1.29 is 20.1 Å². The van der Waals surface area contributed by atoms with Gasteiger partial charge in [-0.2, -0.15) is 0 Å². The summed E-state index contributed by atoms with van der Waals surface area (Å²) in [5, 5.41) is 28.5. The van der Waals surface area contributed by atoms with Gasteiger partial charge in [0.15, 0.2) is 11.5 Å². The molecule has 0 atom stereocenters. The highest BCUT2D eigenvalue weighted by molar-refractivity contribution is 6.09. The van der Waals surface area contributed by atoms with Gasteiger partial charge in [0.2, 0.25) is 0 Å². The van der Waals surface area contributed by atoms with Crippen molar-refractivity contribution in [3.63, 3.8) is 0 Å². The fourth-order valence-electron chi connectivity index (χ4n) is 3.35. The Morgan fingerprint density at radius 2 is 1.56 bits per heavy atom. The number of nitrogens with zero attached hydrogens (tertiary/aromatic N) is 1. The number of aryl methyl sites for hydroxylation is 1. The number of aliphatic imine (C=N–C) groups is 1. The number of hydrogen-bond donors (Lipinski definition) is 3. The van der Waals surface area contributed by atoms with Crippen LogP contribution in [0.2, 0.25) is 0 Å². The molecule has 27 heavy (non-hydrogen) atoms. The summed E-state index contributed by atoms with van der Waals surface area (Å²) in [5.41, 5.74) is 6.08. The molecule has 0 spiro atoms. The van der Waals surface area contributed by atoms with E-state index in [-0.39, 0.29) is 11.5 Å². The molecular formula is C22H17NO4. The zero-order chi connectivity index (χ0) is 19.1. The summed E-state index contributed by atoms with van der Waals surface area (Å²) in [4.78, 5) is 16.2. The standard InChI is InChI=1S/C22H17NO4/c1-12-8-17(22(26)27)16-11-18(23-19(16)9-12)14-4-2-13(3-5-14)15-6-7-20(24)21(25)10-15/h2-10,24-25H,11H2,1H3,(H,26,27). The van der Waals surface area contributed by atoms with E-state index in [1.807, 2.05) is 37.3 Å². The molecule has 5 heteroatoms. The Bertz CT molecular complexity index is 1100. The second kappa shape index (κ2) is 6.29. The third kappa shape index (κ3) is 3.04. The summed E-state index contributed by atoms with van der Waals surface area (Å²) in [7, 11) is 0. The SMILES string of the molecule is Cc1cc2c(c(C(=O)O)c1)CC(c1ccc(-c3ccc(O)c(O)c3)cc1)=N2. The number of phenols is 2. The molecule has 0 bridgehead atoms. The lowest BCUT2D eigenvalue weighted by molar-refractivity contribution is 0.0696. The first kappa shape index (κ1) is 16.8. The first-order valence-electron chi connectivity index (χ1n) is 8.49. The number of benzene rings is 3. The van der Waals surface area contributed by atoms with E-state index >= 15 is 0 Å². The van der Waals surface area contributed by atoms with Crippen molar-refractivity contribution in [2.75, 3.05) is 0 Å². The highest BCUT2D eigenvalue weighted by Gasteiger charge is 2.22. The highest BCUT2D eigenvalue weighted by atomic mass is 16.4. The van der Waals surface area contributed by atoms with Crippen LogP contribution in [0, 0.1) is 6.92 Å². The molecule has 0 radical (unpaired) electrons. The van der Waals surface area contributed by atoms with E-state index in [1.54, 1.807) is 12.1 Å². The molecule has 4 rings (SSSR count). The lowest BCUT2D eigenvalue weighted by atomic mass is 9.97. The first-order valence-corrected chi connectivity index (χ1v) is 8.49. The number of carbonyl (C=O) groups is 1. The van der Waals surface area contributed by atoms with Crippen LogP contribution in [0.1, 0.15) is 27.0 Å². The quantitative estimate of drug-likeness (QED) is 0.603. The molecule has 1 aliphatic rings. The maximum atomic E-state index is 11.5. The number of hydrogen-bond acceptors (Lipinski definition) is 4. The monoisotopic (exact) mass is 359 g/mol. The Labute approximate surface area is 155 Å². The number of phenolic OH excluding ortho intramolecular Hbond substituents is 2. The van der Waals surface area contributed by atoms with Crippen LogP contribution >= 0.6 is 0 Å². The van der Waals surface area contributed by atoms with Crippen molar-refractivity contribution in [2.24, 2.45) is 4.99 Å². The molecule has 3 aromatic rings. The largest absolute Gasteiger partial charge is 0.504 e. The molecule has 1 heterocycles. The second-order valence-corrected chi connectivity index (χ2v) is 6.63. The minimum Gasteiger partial charge on any atom is -0.504 e. The normalized spacial score (nSPS) is 12.6. The van der Waals surface area contributed by atoms with Crippen LogP contribution in [0.3, 0.4) is 0 Å². The van der Waals surface area contributed by atoms with Gasteiger partial charge in [0, 0.05) is 6.42 Å². The maximum Gasteiger partial charge on any atom is 0.336 e. The molecule has 0 saturated carbocycles. The summed E-state index contributed by atoms with van der Waals surface area (Å²) >= 11 is 0. The first-order chi connectivity index (χ1) is 12.9. The van der Waals surface area contributed by atoms with Crippen LogP contribution in [-0.4, -0.2) is 27.0 Å². The third-order valence-corrected chi connectivity index (χ3v) is 4.73. The average molecular weight is 359 g/mol. The van der Waals surface area contributed by atoms with Gasteiger partial charge in [-0.05, 0) is 59.0 Å². The zero-order valence-corrected chi connectivity index (χ0v) is 14.6. The van der Waals surface area contributed by atoms with Gasteiger partial charge in [-0.25, -0.2) is 4.79 Å².